The van der Waals surface area contributed by atoms with Crippen LogP contribution in [0.1, 0.15) is 32.1 Å². The Morgan fingerprint density at radius 2 is 1.84 bits per heavy atom. The Bertz CT molecular complexity index is 420. The number of unbranched alkanes of at least 4 members (excludes halogenated alkanes) is 1. The first-order valence-electron chi connectivity index (χ1n) is 9.69. The van der Waals surface area contributed by atoms with Crippen LogP contribution in [0.25, 0.3) is 0 Å². The fraction of sp³-hybridized carbons (Fsp3) is 0.889. The molecule has 7 heteroatoms. The van der Waals surface area contributed by atoms with Crippen LogP contribution in [0.4, 0.5) is 0 Å². The van der Waals surface area contributed by atoms with E-state index >= 15 is 0 Å². The monoisotopic (exact) mass is 369 g/mol. The minimum atomic E-state index is 0.332. The molecule has 0 aromatic rings. The second-order valence-corrected chi connectivity index (χ2v) is 7.91. The molecule has 2 fully saturated rings. The number of hydrogen-bond acceptors (Lipinski definition) is 4. The van der Waals surface area contributed by atoms with Crippen molar-refractivity contribution in [2.45, 2.75) is 32.1 Å². The molecule has 1 aliphatic carbocycles. The number of nitrogens with zero attached hydrogens (tertiary/aromatic N) is 3. The Morgan fingerprint density at radius 3 is 2.44 bits per heavy atom. The molecule has 25 heavy (non-hydrogen) atoms. The van der Waals surface area contributed by atoms with Crippen molar-refractivity contribution in [1.82, 2.24) is 20.4 Å². The van der Waals surface area contributed by atoms with E-state index in [4.69, 9.17) is 0 Å². The van der Waals surface area contributed by atoms with Crippen LogP contribution in [0.3, 0.4) is 0 Å². The van der Waals surface area contributed by atoms with Crippen LogP contribution in [0.5, 0.6) is 0 Å². The molecule has 1 amide bonds. The van der Waals surface area contributed by atoms with Crippen molar-refractivity contribution in [1.29, 1.82) is 0 Å². The maximum absolute atomic E-state index is 12.3. The molecule has 0 atom stereocenters. The molecule has 0 unspecified atom stereocenters. The summed E-state index contributed by atoms with van der Waals surface area (Å²) < 4.78 is 0. The van der Waals surface area contributed by atoms with Crippen molar-refractivity contribution in [3.63, 3.8) is 0 Å². The second kappa shape index (κ2) is 11.6. The number of piperazine rings is 1. The molecular formula is C18H35N5OS. The molecular weight excluding hydrogens is 334 g/mol. The quantitative estimate of drug-likeness (QED) is 0.364. The summed E-state index contributed by atoms with van der Waals surface area (Å²) in [5, 5.41) is 6.76. The summed E-state index contributed by atoms with van der Waals surface area (Å²) >= 11 is 1.90. The lowest BCUT2D eigenvalue weighted by atomic mass is 9.84. The summed E-state index contributed by atoms with van der Waals surface area (Å²) in [6.07, 6.45) is 8.01. The minimum Gasteiger partial charge on any atom is -0.356 e. The van der Waals surface area contributed by atoms with Crippen LogP contribution in [-0.2, 0) is 4.79 Å². The highest BCUT2D eigenvalue weighted by molar-refractivity contribution is 7.98. The molecule has 1 saturated carbocycles. The van der Waals surface area contributed by atoms with Gasteiger partial charge >= 0.3 is 0 Å². The first-order valence-corrected chi connectivity index (χ1v) is 11.1. The van der Waals surface area contributed by atoms with Gasteiger partial charge in [-0.05, 0) is 37.7 Å². The van der Waals surface area contributed by atoms with Gasteiger partial charge in [0.2, 0.25) is 5.91 Å². The number of nitrogens with one attached hydrogen (secondary N) is 2. The fourth-order valence-electron chi connectivity index (χ4n) is 3.24. The van der Waals surface area contributed by atoms with Crippen LogP contribution in [-0.4, -0.2) is 86.5 Å². The summed E-state index contributed by atoms with van der Waals surface area (Å²) in [6, 6.07) is 0. The standard InChI is InChI=1S/C18H35N5OS/c1-19-18(20-8-3-4-15-25-2)21-9-10-22-11-13-23(14-12-22)17(24)16-6-5-7-16/h16H,3-15H2,1-2H3,(H2,19,20,21). The van der Waals surface area contributed by atoms with Crippen molar-refractivity contribution >= 4 is 23.6 Å². The third kappa shape index (κ3) is 7.05. The van der Waals surface area contributed by atoms with E-state index in [2.05, 4.69) is 31.7 Å². The zero-order valence-corrected chi connectivity index (χ0v) is 16.7. The van der Waals surface area contributed by atoms with Crippen molar-refractivity contribution < 1.29 is 4.79 Å². The molecule has 0 aromatic heterocycles. The molecule has 144 valence electrons. The van der Waals surface area contributed by atoms with Gasteiger partial charge < -0.3 is 15.5 Å². The molecule has 2 aliphatic rings. The maximum Gasteiger partial charge on any atom is 0.225 e. The van der Waals surface area contributed by atoms with Crippen LogP contribution >= 0.6 is 11.8 Å². The third-order valence-corrected chi connectivity index (χ3v) is 5.85. The van der Waals surface area contributed by atoms with Crippen LogP contribution < -0.4 is 10.6 Å². The Morgan fingerprint density at radius 1 is 1.12 bits per heavy atom. The van der Waals surface area contributed by atoms with E-state index in [1.54, 1.807) is 0 Å². The Kier molecular flexibility index (Phi) is 9.47. The zero-order chi connectivity index (χ0) is 17.9. The number of rotatable bonds is 9. The normalized spacial score (nSPS) is 19.6. The molecule has 1 saturated heterocycles. The number of carbonyl (C=O) groups excluding carboxylic acids is 1. The van der Waals surface area contributed by atoms with Gasteiger partial charge in [-0.15, -0.1) is 0 Å². The van der Waals surface area contributed by atoms with Crippen molar-refractivity contribution in [2.24, 2.45) is 10.9 Å². The molecule has 0 radical (unpaired) electrons. The SMILES string of the molecule is CN=C(NCCCCSC)NCCN1CCN(C(=O)C2CCC2)CC1. The topological polar surface area (TPSA) is 60.0 Å². The average molecular weight is 370 g/mol. The number of hydrogen-bond donors (Lipinski definition) is 2. The molecule has 0 spiro atoms. The summed E-state index contributed by atoms with van der Waals surface area (Å²) in [5.74, 6) is 2.85. The highest BCUT2D eigenvalue weighted by Crippen LogP contribution is 2.28. The fourth-order valence-corrected chi connectivity index (χ4v) is 3.73. The van der Waals surface area contributed by atoms with Crippen LogP contribution in [0.2, 0.25) is 0 Å². The Balaban J connectivity index is 1.53. The summed E-state index contributed by atoms with van der Waals surface area (Å²) in [5.41, 5.74) is 0. The Hall–Kier alpha value is -0.950. The first kappa shape index (κ1) is 20.4. The lowest BCUT2D eigenvalue weighted by Crippen LogP contribution is -2.52. The van der Waals surface area contributed by atoms with E-state index < -0.39 is 0 Å². The molecule has 1 heterocycles. The molecule has 1 aliphatic heterocycles. The Labute approximate surface area is 157 Å². The van der Waals surface area contributed by atoms with Gasteiger partial charge in [-0.1, -0.05) is 6.42 Å². The number of amides is 1. The van der Waals surface area contributed by atoms with Gasteiger partial charge in [0, 0.05) is 58.8 Å². The van der Waals surface area contributed by atoms with Crippen LogP contribution in [0.15, 0.2) is 4.99 Å². The molecule has 6 nitrogen and oxygen atoms in total. The number of thioether (sulfide) groups is 1. The van der Waals surface area contributed by atoms with Crippen molar-refractivity contribution in [2.75, 3.05) is 64.9 Å². The minimum absolute atomic E-state index is 0.332. The number of carbonyl (C=O) groups is 1. The molecule has 0 bridgehead atoms. The number of aliphatic imine (C=N–C) groups is 1. The summed E-state index contributed by atoms with van der Waals surface area (Å²) in [7, 11) is 1.82. The van der Waals surface area contributed by atoms with Gasteiger partial charge in [-0.25, -0.2) is 0 Å². The van der Waals surface area contributed by atoms with Crippen molar-refractivity contribution in [3.05, 3.63) is 0 Å². The number of guanidine groups is 1. The van der Waals surface area contributed by atoms with Gasteiger partial charge in [-0.3, -0.25) is 14.7 Å². The molecule has 2 N–H and O–H groups in total. The van der Waals surface area contributed by atoms with Gasteiger partial charge in [0.05, 0.1) is 0 Å². The van der Waals surface area contributed by atoms with Crippen LogP contribution in [0, 0.1) is 5.92 Å². The highest BCUT2D eigenvalue weighted by atomic mass is 32.2. The van der Waals surface area contributed by atoms with E-state index in [0.717, 1.165) is 64.6 Å². The lowest BCUT2D eigenvalue weighted by Gasteiger charge is -2.38. The third-order valence-electron chi connectivity index (χ3n) is 5.15. The maximum atomic E-state index is 12.3. The lowest BCUT2D eigenvalue weighted by molar-refractivity contribution is -0.139. The van der Waals surface area contributed by atoms with E-state index in [9.17, 15) is 4.79 Å². The molecule has 0 aromatic carbocycles. The predicted octanol–water partition coefficient (Wildman–Crippen LogP) is 1.24. The zero-order valence-electron chi connectivity index (χ0n) is 15.9. The second-order valence-electron chi connectivity index (χ2n) is 6.92. The first-order chi connectivity index (χ1) is 12.2. The van der Waals surface area contributed by atoms with Gasteiger partial charge in [0.15, 0.2) is 5.96 Å². The van der Waals surface area contributed by atoms with Gasteiger partial charge in [0.25, 0.3) is 0 Å². The van der Waals surface area contributed by atoms with E-state index in [-0.39, 0.29) is 0 Å². The average Bonchev–Trinajstić information content (AvgIpc) is 2.59. The van der Waals surface area contributed by atoms with E-state index in [1.807, 2.05) is 18.8 Å². The van der Waals surface area contributed by atoms with Gasteiger partial charge in [0.1, 0.15) is 0 Å². The summed E-state index contributed by atoms with van der Waals surface area (Å²) in [6.45, 7) is 6.61. The largest absolute Gasteiger partial charge is 0.356 e. The predicted molar refractivity (Wildman–Crippen MR) is 107 cm³/mol. The highest BCUT2D eigenvalue weighted by Gasteiger charge is 2.30. The molecule has 2 rings (SSSR count). The van der Waals surface area contributed by atoms with E-state index in [0.29, 0.717) is 11.8 Å². The van der Waals surface area contributed by atoms with E-state index in [1.165, 1.54) is 25.0 Å². The smallest absolute Gasteiger partial charge is 0.225 e. The summed E-state index contributed by atoms with van der Waals surface area (Å²) in [4.78, 5) is 21.0. The van der Waals surface area contributed by atoms with Gasteiger partial charge in [-0.2, -0.15) is 11.8 Å². The van der Waals surface area contributed by atoms with Crippen molar-refractivity contribution in [3.8, 4) is 0 Å².